The maximum Gasteiger partial charge on any atom is 0.335 e. The maximum atomic E-state index is 13.2. The third kappa shape index (κ3) is 8.25. The molecule has 0 unspecified atom stereocenters. The number of benzene rings is 2. The van der Waals surface area contributed by atoms with Crippen LogP contribution in [0.5, 0.6) is 5.88 Å². The normalized spacial score (nSPS) is 15.0. The third-order valence-corrected chi connectivity index (χ3v) is 8.26. The zero-order chi connectivity index (χ0) is 29.6. The van der Waals surface area contributed by atoms with E-state index in [-0.39, 0.29) is 28.3 Å². The van der Waals surface area contributed by atoms with Gasteiger partial charge in [-0.05, 0) is 68.4 Å². The van der Waals surface area contributed by atoms with E-state index in [0.29, 0.717) is 24.3 Å². The summed E-state index contributed by atoms with van der Waals surface area (Å²) in [5.41, 5.74) is 3.16. The predicted molar refractivity (Wildman–Crippen MR) is 157 cm³/mol. The van der Waals surface area contributed by atoms with Crippen LogP contribution in [0.3, 0.4) is 0 Å². The summed E-state index contributed by atoms with van der Waals surface area (Å²) in [6.07, 6.45) is 2.77. The molecule has 0 aliphatic carbocycles. The molecule has 10 nitrogen and oxygen atoms in total. The Bertz CT molecular complexity index is 1450. The number of rotatable bonds is 12. The van der Waals surface area contributed by atoms with Gasteiger partial charge in [0, 0.05) is 36.9 Å². The molecule has 1 atom stereocenters. The number of carboxylic acid groups (broad SMARTS) is 1. The number of anilines is 1. The van der Waals surface area contributed by atoms with Crippen LogP contribution in [0.1, 0.15) is 54.6 Å². The monoisotopic (exact) mass is 582 g/mol. The molecule has 2 heterocycles. The second kappa shape index (κ2) is 13.4. The number of aromatic carboxylic acids is 1. The van der Waals surface area contributed by atoms with Crippen LogP contribution in [0, 0.1) is 19.8 Å². The molecule has 0 spiro atoms. The molecule has 1 saturated heterocycles. The molecule has 4 rings (SSSR count). The summed E-state index contributed by atoms with van der Waals surface area (Å²) >= 11 is 0. The number of aryl methyl sites for hydroxylation is 2. The van der Waals surface area contributed by atoms with E-state index >= 15 is 0 Å². The Morgan fingerprint density at radius 3 is 2.41 bits per heavy atom. The Morgan fingerprint density at radius 2 is 1.76 bits per heavy atom. The number of carbonyl (C=O) groups is 1. The maximum absolute atomic E-state index is 13.2. The molecule has 0 amide bonds. The fourth-order valence-electron chi connectivity index (χ4n) is 5.00. The molecule has 0 bridgehead atoms. The molecule has 11 heteroatoms. The molecule has 3 N–H and O–H groups in total. The van der Waals surface area contributed by atoms with Crippen LogP contribution in [0.4, 0.5) is 5.95 Å². The molecule has 3 aromatic rings. The zero-order valence-electron chi connectivity index (χ0n) is 23.9. The first kappa shape index (κ1) is 30.4. The van der Waals surface area contributed by atoms with E-state index < -0.39 is 16.0 Å². The van der Waals surface area contributed by atoms with Gasteiger partial charge in [0.2, 0.25) is 11.8 Å². The Balaban J connectivity index is 1.65. The van der Waals surface area contributed by atoms with Gasteiger partial charge in [0.25, 0.3) is 10.0 Å². The van der Waals surface area contributed by atoms with Crippen molar-refractivity contribution in [2.75, 3.05) is 24.5 Å². The minimum absolute atomic E-state index is 0.0654. The van der Waals surface area contributed by atoms with Crippen LogP contribution in [-0.4, -0.2) is 61.4 Å². The minimum Gasteiger partial charge on any atom is -0.478 e. The highest BCUT2D eigenvalue weighted by molar-refractivity contribution is 7.92. The van der Waals surface area contributed by atoms with Gasteiger partial charge < -0.3 is 19.9 Å². The summed E-state index contributed by atoms with van der Waals surface area (Å²) in [5, 5.41) is 13.0. The molecule has 2 aromatic carbocycles. The SMILES string of the molecule is Cc1cccc(C)c1-c1cc(OC[C@@H](CC(C)C)NC2CCOCC2)nc(NS(=O)(=O)c2cccc(C(=O)O)c2)n1. The van der Waals surface area contributed by atoms with Crippen LogP contribution < -0.4 is 14.8 Å². The first-order valence-electron chi connectivity index (χ1n) is 13.8. The highest BCUT2D eigenvalue weighted by Gasteiger charge is 2.22. The molecular weight excluding hydrogens is 544 g/mol. The molecule has 1 aliphatic heterocycles. The Morgan fingerprint density at radius 1 is 1.07 bits per heavy atom. The number of nitrogens with zero attached hydrogens (tertiary/aromatic N) is 2. The number of nitrogens with one attached hydrogen (secondary N) is 2. The van der Waals surface area contributed by atoms with Crippen molar-refractivity contribution in [1.29, 1.82) is 0 Å². The van der Waals surface area contributed by atoms with E-state index in [9.17, 15) is 18.3 Å². The van der Waals surface area contributed by atoms with Crippen molar-refractivity contribution in [1.82, 2.24) is 15.3 Å². The van der Waals surface area contributed by atoms with Gasteiger partial charge >= 0.3 is 5.97 Å². The second-order valence-electron chi connectivity index (χ2n) is 10.8. The lowest BCUT2D eigenvalue weighted by Gasteiger charge is -2.29. The molecular formula is C30H38N4O6S. The highest BCUT2D eigenvalue weighted by atomic mass is 32.2. The fourth-order valence-corrected chi connectivity index (χ4v) is 5.99. The summed E-state index contributed by atoms with van der Waals surface area (Å²) in [5.74, 6) is -0.720. The number of sulfonamides is 1. The molecule has 1 aromatic heterocycles. The van der Waals surface area contributed by atoms with Crippen LogP contribution in [0.15, 0.2) is 53.4 Å². The Hall–Kier alpha value is -3.54. The number of hydrogen-bond donors (Lipinski definition) is 3. The molecule has 1 aliphatic rings. The van der Waals surface area contributed by atoms with Gasteiger partial charge in [-0.2, -0.15) is 4.98 Å². The van der Waals surface area contributed by atoms with E-state index in [1.807, 2.05) is 32.0 Å². The van der Waals surface area contributed by atoms with Gasteiger partial charge in [0.15, 0.2) is 0 Å². The topological polar surface area (TPSA) is 140 Å². The summed E-state index contributed by atoms with van der Waals surface area (Å²) in [6.45, 7) is 10.0. The van der Waals surface area contributed by atoms with E-state index in [1.54, 1.807) is 6.07 Å². The average Bonchev–Trinajstić information content (AvgIpc) is 2.92. The number of ether oxygens (including phenoxy) is 2. The lowest BCUT2D eigenvalue weighted by molar-refractivity contribution is 0.0695. The molecule has 1 fully saturated rings. The van der Waals surface area contributed by atoms with Crippen molar-refractivity contribution in [3.63, 3.8) is 0 Å². The molecule has 41 heavy (non-hydrogen) atoms. The van der Waals surface area contributed by atoms with Gasteiger partial charge in [0.05, 0.1) is 16.2 Å². The van der Waals surface area contributed by atoms with Crippen LogP contribution >= 0.6 is 0 Å². The van der Waals surface area contributed by atoms with E-state index in [1.165, 1.54) is 18.2 Å². The summed E-state index contributed by atoms with van der Waals surface area (Å²) in [6, 6.07) is 13.1. The molecule has 0 radical (unpaired) electrons. The predicted octanol–water partition coefficient (Wildman–Crippen LogP) is 4.82. The fraction of sp³-hybridized carbons (Fsp3) is 0.433. The highest BCUT2D eigenvalue weighted by Crippen LogP contribution is 2.29. The minimum atomic E-state index is -4.19. The van der Waals surface area contributed by atoms with Crippen molar-refractivity contribution in [3.05, 3.63) is 65.2 Å². The zero-order valence-corrected chi connectivity index (χ0v) is 24.7. The molecule has 220 valence electrons. The van der Waals surface area contributed by atoms with Gasteiger partial charge in [-0.25, -0.2) is 22.9 Å². The lowest BCUT2D eigenvalue weighted by atomic mass is 10.00. The van der Waals surface area contributed by atoms with Crippen molar-refractivity contribution in [2.45, 2.75) is 63.9 Å². The van der Waals surface area contributed by atoms with Crippen molar-refractivity contribution >= 4 is 21.9 Å². The average molecular weight is 583 g/mol. The van der Waals surface area contributed by atoms with Gasteiger partial charge in [-0.1, -0.05) is 38.1 Å². The van der Waals surface area contributed by atoms with Crippen LogP contribution in [-0.2, 0) is 14.8 Å². The lowest BCUT2D eigenvalue weighted by Crippen LogP contribution is -2.45. The van der Waals surface area contributed by atoms with E-state index in [4.69, 9.17) is 9.47 Å². The number of carboxylic acids is 1. The number of aromatic nitrogens is 2. The van der Waals surface area contributed by atoms with Crippen molar-refractivity contribution < 1.29 is 27.8 Å². The molecule has 0 saturated carbocycles. The van der Waals surface area contributed by atoms with E-state index in [2.05, 4.69) is 33.9 Å². The summed E-state index contributed by atoms with van der Waals surface area (Å²) in [4.78, 5) is 20.1. The summed E-state index contributed by atoms with van der Waals surface area (Å²) < 4.78 is 40.6. The van der Waals surface area contributed by atoms with Gasteiger partial charge in [0.1, 0.15) is 6.61 Å². The van der Waals surface area contributed by atoms with Crippen molar-refractivity contribution in [3.8, 4) is 17.1 Å². The first-order chi connectivity index (χ1) is 19.5. The Kier molecular flexibility index (Phi) is 9.95. The first-order valence-corrected chi connectivity index (χ1v) is 15.3. The summed E-state index contributed by atoms with van der Waals surface area (Å²) in [7, 11) is -4.19. The van der Waals surface area contributed by atoms with Crippen LogP contribution in [0.25, 0.3) is 11.3 Å². The van der Waals surface area contributed by atoms with Crippen LogP contribution in [0.2, 0.25) is 0 Å². The van der Waals surface area contributed by atoms with Crippen molar-refractivity contribution in [2.24, 2.45) is 5.92 Å². The Labute approximate surface area is 241 Å². The smallest absolute Gasteiger partial charge is 0.335 e. The standard InChI is InChI=1S/C30H38N4O6S/c1-19(2)15-24(31-23-11-13-39-14-12-23)18-40-27-17-26(28-20(3)7-5-8-21(28)4)32-30(33-27)34-41(37,38)25-10-6-9-22(16-25)29(35)36/h5-10,16-17,19,23-24,31H,11-15,18H2,1-4H3,(H,35,36)(H,32,33,34)/t24-/m1/s1. The van der Waals surface area contributed by atoms with Gasteiger partial charge in [-0.15, -0.1) is 0 Å². The third-order valence-electron chi connectivity index (χ3n) is 6.94. The van der Waals surface area contributed by atoms with E-state index in [0.717, 1.165) is 55.2 Å². The number of hydrogen-bond acceptors (Lipinski definition) is 8. The second-order valence-corrected chi connectivity index (χ2v) is 12.5. The quantitative estimate of drug-likeness (QED) is 0.274. The van der Waals surface area contributed by atoms with Gasteiger partial charge in [-0.3, -0.25) is 0 Å². The largest absolute Gasteiger partial charge is 0.478 e.